The highest BCUT2D eigenvalue weighted by atomic mass is 32.2. The minimum Gasteiger partial charge on any atom is -0.480 e. The molecule has 7 nitrogen and oxygen atoms in total. The second kappa shape index (κ2) is 6.52. The predicted octanol–water partition coefficient (Wildman–Crippen LogP) is -0.278. The smallest absolute Gasteiger partial charge is 0.323 e. The van der Waals surface area contributed by atoms with Crippen LogP contribution in [0.1, 0.15) is 5.56 Å². The van der Waals surface area contributed by atoms with Gasteiger partial charge in [-0.05, 0) is 5.56 Å². The van der Waals surface area contributed by atoms with Gasteiger partial charge in [-0.15, -0.1) is 0 Å². The molecular weight excluding hydrogens is 294 g/mol. The Hall–Kier alpha value is -1.48. The van der Waals surface area contributed by atoms with E-state index in [1.807, 2.05) is 30.3 Å². The number of carboxylic acid groups (broad SMARTS) is 1. The third-order valence-electron chi connectivity index (χ3n) is 3.42. The summed E-state index contributed by atoms with van der Waals surface area (Å²) in [6.07, 6.45) is 0. The summed E-state index contributed by atoms with van der Waals surface area (Å²) in [5.74, 6) is -1.14. The van der Waals surface area contributed by atoms with Crippen molar-refractivity contribution in [1.29, 1.82) is 0 Å². The van der Waals surface area contributed by atoms with Crippen LogP contribution in [0.15, 0.2) is 30.3 Å². The molecule has 2 rings (SSSR count). The molecule has 0 spiro atoms. The Kier molecular flexibility index (Phi) is 4.94. The van der Waals surface area contributed by atoms with Crippen molar-refractivity contribution in [3.8, 4) is 0 Å². The van der Waals surface area contributed by atoms with Gasteiger partial charge >= 0.3 is 5.97 Å². The normalized spacial score (nSPS) is 20.6. The Labute approximate surface area is 124 Å². The average molecular weight is 313 g/mol. The minimum absolute atomic E-state index is 0.119. The molecule has 0 amide bonds. The van der Waals surface area contributed by atoms with Crippen molar-refractivity contribution in [1.82, 2.24) is 13.9 Å². The minimum atomic E-state index is -3.81. The number of nitrogens with zero attached hydrogens (tertiary/aromatic N) is 2. The number of hydrogen-bond donors (Lipinski definition) is 2. The molecule has 0 bridgehead atoms. The van der Waals surface area contributed by atoms with Gasteiger partial charge in [0.15, 0.2) is 0 Å². The molecule has 1 aliphatic rings. The van der Waals surface area contributed by atoms with E-state index in [2.05, 4.69) is 5.32 Å². The molecule has 0 saturated carbocycles. The van der Waals surface area contributed by atoms with E-state index in [-0.39, 0.29) is 19.6 Å². The largest absolute Gasteiger partial charge is 0.480 e. The lowest BCUT2D eigenvalue weighted by Gasteiger charge is -2.35. The van der Waals surface area contributed by atoms with Gasteiger partial charge in [-0.2, -0.15) is 17.0 Å². The lowest BCUT2D eigenvalue weighted by molar-refractivity contribution is -0.141. The molecule has 1 aromatic rings. The fourth-order valence-corrected chi connectivity index (χ4v) is 3.75. The van der Waals surface area contributed by atoms with Gasteiger partial charge in [0.1, 0.15) is 6.04 Å². The highest BCUT2D eigenvalue weighted by molar-refractivity contribution is 7.86. The fourth-order valence-electron chi connectivity index (χ4n) is 2.27. The van der Waals surface area contributed by atoms with Gasteiger partial charge in [-0.3, -0.25) is 4.79 Å². The van der Waals surface area contributed by atoms with Crippen LogP contribution < -0.4 is 5.32 Å². The summed E-state index contributed by atoms with van der Waals surface area (Å²) in [4.78, 5) is 11.2. The molecule has 2 N–H and O–H groups in total. The highest BCUT2D eigenvalue weighted by Gasteiger charge is 2.38. The lowest BCUT2D eigenvalue weighted by Crippen LogP contribution is -2.59. The second-order valence-electron chi connectivity index (χ2n) is 4.92. The van der Waals surface area contributed by atoms with Gasteiger partial charge in [0.2, 0.25) is 0 Å². The molecule has 21 heavy (non-hydrogen) atoms. The van der Waals surface area contributed by atoms with Crippen molar-refractivity contribution in [3.63, 3.8) is 0 Å². The van der Waals surface area contributed by atoms with Gasteiger partial charge < -0.3 is 10.4 Å². The maximum atomic E-state index is 12.6. The maximum Gasteiger partial charge on any atom is 0.323 e. The molecule has 1 heterocycles. The zero-order valence-corrected chi connectivity index (χ0v) is 12.6. The van der Waals surface area contributed by atoms with Gasteiger partial charge in [-0.1, -0.05) is 30.3 Å². The summed E-state index contributed by atoms with van der Waals surface area (Å²) < 4.78 is 27.4. The van der Waals surface area contributed by atoms with Gasteiger partial charge in [-0.25, -0.2) is 0 Å². The molecule has 1 aliphatic heterocycles. The van der Waals surface area contributed by atoms with Crippen LogP contribution in [-0.4, -0.2) is 60.8 Å². The summed E-state index contributed by atoms with van der Waals surface area (Å²) in [7, 11) is -2.35. The number of carbonyl (C=O) groups is 1. The summed E-state index contributed by atoms with van der Waals surface area (Å²) >= 11 is 0. The van der Waals surface area contributed by atoms with Crippen molar-refractivity contribution in [2.24, 2.45) is 0 Å². The SMILES string of the molecule is CN(Cc1ccccc1)S(=O)(=O)N1CCNCC1C(=O)O. The number of benzene rings is 1. The first-order chi connectivity index (χ1) is 9.93. The summed E-state index contributed by atoms with van der Waals surface area (Å²) in [6, 6.07) is 8.12. The maximum absolute atomic E-state index is 12.6. The molecule has 116 valence electrons. The van der Waals surface area contributed by atoms with E-state index in [9.17, 15) is 18.3 Å². The van der Waals surface area contributed by atoms with Crippen LogP contribution in [0.2, 0.25) is 0 Å². The molecular formula is C13H19N3O4S. The van der Waals surface area contributed by atoms with E-state index >= 15 is 0 Å². The predicted molar refractivity (Wildman–Crippen MR) is 77.8 cm³/mol. The van der Waals surface area contributed by atoms with Gasteiger partial charge in [0, 0.05) is 33.2 Å². The van der Waals surface area contributed by atoms with Gasteiger partial charge in [0.05, 0.1) is 0 Å². The van der Waals surface area contributed by atoms with Crippen molar-refractivity contribution in [2.45, 2.75) is 12.6 Å². The molecule has 1 atom stereocenters. The monoisotopic (exact) mass is 313 g/mol. The van der Waals surface area contributed by atoms with Crippen LogP contribution in [0.5, 0.6) is 0 Å². The van der Waals surface area contributed by atoms with E-state index < -0.39 is 22.2 Å². The van der Waals surface area contributed by atoms with Crippen LogP contribution in [0.25, 0.3) is 0 Å². The number of nitrogens with one attached hydrogen (secondary N) is 1. The van der Waals surface area contributed by atoms with Crippen LogP contribution in [-0.2, 0) is 21.5 Å². The first-order valence-corrected chi connectivity index (χ1v) is 8.03. The Morgan fingerprint density at radius 1 is 1.43 bits per heavy atom. The number of rotatable bonds is 5. The van der Waals surface area contributed by atoms with E-state index in [4.69, 9.17) is 0 Å². The molecule has 0 aliphatic carbocycles. The zero-order valence-electron chi connectivity index (χ0n) is 11.8. The van der Waals surface area contributed by atoms with Crippen LogP contribution >= 0.6 is 0 Å². The number of hydrogen-bond acceptors (Lipinski definition) is 4. The quantitative estimate of drug-likeness (QED) is 0.780. The van der Waals surface area contributed by atoms with E-state index in [1.54, 1.807) is 0 Å². The van der Waals surface area contributed by atoms with Crippen LogP contribution in [0, 0.1) is 0 Å². The highest BCUT2D eigenvalue weighted by Crippen LogP contribution is 2.16. The number of carboxylic acids is 1. The molecule has 1 aromatic carbocycles. The number of piperazine rings is 1. The molecule has 8 heteroatoms. The Bertz CT molecular complexity index is 591. The standard InChI is InChI=1S/C13H19N3O4S/c1-15(10-11-5-3-2-4-6-11)21(19,20)16-8-7-14-9-12(16)13(17)18/h2-6,12,14H,7-10H2,1H3,(H,17,18). The Morgan fingerprint density at radius 3 is 2.71 bits per heavy atom. The van der Waals surface area contributed by atoms with Crippen LogP contribution in [0.4, 0.5) is 0 Å². The lowest BCUT2D eigenvalue weighted by atomic mass is 10.2. The van der Waals surface area contributed by atoms with E-state index in [0.29, 0.717) is 6.54 Å². The van der Waals surface area contributed by atoms with Crippen LogP contribution in [0.3, 0.4) is 0 Å². The second-order valence-corrected chi connectivity index (χ2v) is 6.91. The molecule has 0 aromatic heterocycles. The third-order valence-corrected chi connectivity index (χ3v) is 5.36. The van der Waals surface area contributed by atoms with Crippen molar-refractivity contribution >= 4 is 16.2 Å². The van der Waals surface area contributed by atoms with Crippen molar-refractivity contribution in [2.75, 3.05) is 26.7 Å². The topological polar surface area (TPSA) is 90.0 Å². The molecule has 1 fully saturated rings. The summed E-state index contributed by atoms with van der Waals surface area (Å²) in [5, 5.41) is 12.1. The molecule has 0 radical (unpaired) electrons. The average Bonchev–Trinajstić information content (AvgIpc) is 2.48. The Morgan fingerprint density at radius 2 is 2.10 bits per heavy atom. The summed E-state index contributed by atoms with van der Waals surface area (Å²) in [6.45, 7) is 0.924. The summed E-state index contributed by atoms with van der Waals surface area (Å²) in [5.41, 5.74) is 0.852. The fraction of sp³-hybridized carbons (Fsp3) is 0.462. The molecule has 1 unspecified atom stereocenters. The number of aliphatic carboxylic acids is 1. The van der Waals surface area contributed by atoms with Crippen molar-refractivity contribution < 1.29 is 18.3 Å². The van der Waals surface area contributed by atoms with Gasteiger partial charge in [0.25, 0.3) is 10.2 Å². The Balaban J connectivity index is 2.17. The van der Waals surface area contributed by atoms with Crippen molar-refractivity contribution in [3.05, 3.63) is 35.9 Å². The zero-order chi connectivity index (χ0) is 15.5. The van der Waals surface area contributed by atoms with E-state index in [1.165, 1.54) is 11.4 Å². The third kappa shape index (κ3) is 3.59. The van der Waals surface area contributed by atoms with E-state index in [0.717, 1.165) is 9.87 Å². The first-order valence-electron chi connectivity index (χ1n) is 6.63. The molecule has 1 saturated heterocycles. The first kappa shape index (κ1) is 15.9.